The number of nitrogens with zero attached hydrogens (tertiary/aromatic N) is 2. The molecular formula is C13H14BrN3OS. The lowest BCUT2D eigenvalue weighted by atomic mass is 10.4. The van der Waals surface area contributed by atoms with Gasteiger partial charge in [-0.3, -0.25) is 0 Å². The van der Waals surface area contributed by atoms with Crippen molar-refractivity contribution in [3.63, 3.8) is 0 Å². The molecule has 19 heavy (non-hydrogen) atoms. The molecule has 0 spiro atoms. The normalized spacial score (nSPS) is 10.7. The summed E-state index contributed by atoms with van der Waals surface area (Å²) in [6, 6.07) is 7.91. The van der Waals surface area contributed by atoms with Crippen molar-refractivity contribution in [3.8, 4) is 5.88 Å². The van der Waals surface area contributed by atoms with E-state index < -0.39 is 0 Å². The number of hydrogen-bond acceptors (Lipinski definition) is 5. The van der Waals surface area contributed by atoms with Crippen molar-refractivity contribution in [2.75, 3.05) is 5.73 Å². The van der Waals surface area contributed by atoms with Crippen LogP contribution in [0.25, 0.3) is 0 Å². The Balaban J connectivity index is 2.28. The molecule has 0 aliphatic heterocycles. The van der Waals surface area contributed by atoms with Gasteiger partial charge in [-0.05, 0) is 41.9 Å². The first-order valence-electron chi connectivity index (χ1n) is 5.77. The standard InChI is InChI=1S/C13H14BrN3OS/c1-8(2)18-12-11(15)13(17-7-16-12)19-10-6-4-3-5-9(10)14/h3-8H,15H2,1-2H3. The maximum atomic E-state index is 6.04. The summed E-state index contributed by atoms with van der Waals surface area (Å²) in [5, 5.41) is 0.692. The van der Waals surface area contributed by atoms with Crippen molar-refractivity contribution in [3.05, 3.63) is 35.1 Å². The van der Waals surface area contributed by atoms with Gasteiger partial charge in [-0.1, -0.05) is 23.9 Å². The van der Waals surface area contributed by atoms with Gasteiger partial charge < -0.3 is 10.5 Å². The number of hydrogen-bond donors (Lipinski definition) is 1. The molecule has 0 saturated carbocycles. The van der Waals surface area contributed by atoms with Crippen LogP contribution in [0.4, 0.5) is 5.69 Å². The molecule has 0 fully saturated rings. The fraction of sp³-hybridized carbons (Fsp3) is 0.231. The zero-order valence-corrected chi connectivity index (χ0v) is 13.0. The van der Waals surface area contributed by atoms with E-state index in [-0.39, 0.29) is 6.10 Å². The average molecular weight is 340 g/mol. The van der Waals surface area contributed by atoms with Gasteiger partial charge in [0.1, 0.15) is 17.0 Å². The number of ether oxygens (including phenoxy) is 1. The molecule has 0 unspecified atom stereocenters. The molecule has 2 rings (SSSR count). The molecule has 100 valence electrons. The quantitative estimate of drug-likeness (QED) is 0.859. The maximum absolute atomic E-state index is 6.04. The Hall–Kier alpha value is -1.27. The van der Waals surface area contributed by atoms with Crippen molar-refractivity contribution in [1.82, 2.24) is 9.97 Å². The monoisotopic (exact) mass is 339 g/mol. The Morgan fingerprint density at radius 1 is 1.26 bits per heavy atom. The van der Waals surface area contributed by atoms with Crippen LogP contribution in [0.3, 0.4) is 0 Å². The Morgan fingerprint density at radius 3 is 2.68 bits per heavy atom. The van der Waals surface area contributed by atoms with Gasteiger partial charge in [0, 0.05) is 9.37 Å². The van der Waals surface area contributed by atoms with Crippen molar-refractivity contribution in [1.29, 1.82) is 0 Å². The molecule has 1 heterocycles. The van der Waals surface area contributed by atoms with E-state index in [1.165, 1.54) is 18.1 Å². The van der Waals surface area contributed by atoms with Crippen molar-refractivity contribution >= 4 is 33.4 Å². The molecule has 4 nitrogen and oxygen atoms in total. The van der Waals surface area contributed by atoms with Crippen molar-refractivity contribution in [2.45, 2.75) is 29.9 Å². The molecular weight excluding hydrogens is 326 g/mol. The first-order chi connectivity index (χ1) is 9.08. The van der Waals surface area contributed by atoms with Crippen LogP contribution in [0.15, 0.2) is 45.0 Å². The van der Waals surface area contributed by atoms with Gasteiger partial charge in [0.2, 0.25) is 5.88 Å². The molecule has 0 aliphatic carbocycles. The number of aromatic nitrogens is 2. The van der Waals surface area contributed by atoms with Crippen LogP contribution in [0.2, 0.25) is 0 Å². The third kappa shape index (κ3) is 3.61. The number of rotatable bonds is 4. The number of nitrogens with two attached hydrogens (primary N) is 1. The lowest BCUT2D eigenvalue weighted by Crippen LogP contribution is -2.09. The molecule has 1 aromatic carbocycles. The van der Waals surface area contributed by atoms with Gasteiger partial charge >= 0.3 is 0 Å². The Bertz CT molecular complexity index is 578. The van der Waals surface area contributed by atoms with E-state index in [0.717, 1.165) is 9.37 Å². The summed E-state index contributed by atoms with van der Waals surface area (Å²) in [6.07, 6.45) is 1.49. The van der Waals surface area contributed by atoms with Crippen LogP contribution in [0.1, 0.15) is 13.8 Å². The minimum atomic E-state index is 0.0264. The molecule has 0 bridgehead atoms. The lowest BCUT2D eigenvalue weighted by Gasteiger charge is -2.12. The fourth-order valence-electron chi connectivity index (χ4n) is 1.39. The number of anilines is 1. The zero-order chi connectivity index (χ0) is 13.8. The molecule has 0 aliphatic rings. The van der Waals surface area contributed by atoms with Crippen molar-refractivity contribution in [2.24, 2.45) is 0 Å². The van der Waals surface area contributed by atoms with Crippen LogP contribution in [-0.4, -0.2) is 16.1 Å². The minimum absolute atomic E-state index is 0.0264. The summed E-state index contributed by atoms with van der Waals surface area (Å²) in [5.41, 5.74) is 6.51. The second kappa shape index (κ2) is 6.25. The average Bonchev–Trinajstić information content (AvgIpc) is 2.36. The van der Waals surface area contributed by atoms with E-state index in [0.29, 0.717) is 16.6 Å². The Morgan fingerprint density at radius 2 is 2.00 bits per heavy atom. The summed E-state index contributed by atoms with van der Waals surface area (Å²) in [5.74, 6) is 0.430. The first kappa shape index (κ1) is 14.1. The van der Waals surface area contributed by atoms with Crippen LogP contribution < -0.4 is 10.5 Å². The highest BCUT2D eigenvalue weighted by Crippen LogP contribution is 2.37. The molecule has 0 radical (unpaired) electrons. The van der Waals surface area contributed by atoms with Gasteiger partial charge in [-0.25, -0.2) is 4.98 Å². The highest BCUT2D eigenvalue weighted by atomic mass is 79.9. The van der Waals surface area contributed by atoms with Gasteiger partial charge in [0.05, 0.1) is 6.10 Å². The van der Waals surface area contributed by atoms with E-state index in [9.17, 15) is 0 Å². The van der Waals surface area contributed by atoms with E-state index in [1.54, 1.807) is 0 Å². The van der Waals surface area contributed by atoms with Gasteiger partial charge in [0.15, 0.2) is 0 Å². The second-order valence-electron chi connectivity index (χ2n) is 4.10. The third-order valence-electron chi connectivity index (χ3n) is 2.20. The van der Waals surface area contributed by atoms with E-state index in [4.69, 9.17) is 10.5 Å². The molecule has 0 amide bonds. The van der Waals surface area contributed by atoms with Crippen LogP contribution >= 0.6 is 27.7 Å². The van der Waals surface area contributed by atoms with Gasteiger partial charge in [-0.15, -0.1) is 0 Å². The molecule has 2 N–H and O–H groups in total. The number of nitrogen functional groups attached to an aromatic ring is 1. The molecule has 2 aromatic rings. The summed E-state index contributed by atoms with van der Waals surface area (Å²) >= 11 is 4.98. The summed E-state index contributed by atoms with van der Waals surface area (Å²) in [7, 11) is 0. The molecule has 0 atom stereocenters. The second-order valence-corrected chi connectivity index (χ2v) is 5.98. The highest BCUT2D eigenvalue weighted by molar-refractivity contribution is 9.10. The predicted molar refractivity (Wildman–Crippen MR) is 80.5 cm³/mol. The van der Waals surface area contributed by atoms with Crippen LogP contribution in [-0.2, 0) is 0 Å². The Kier molecular flexibility index (Phi) is 4.66. The SMILES string of the molecule is CC(C)Oc1ncnc(Sc2ccccc2Br)c1N. The third-order valence-corrected chi connectivity index (χ3v) is 4.25. The predicted octanol–water partition coefficient (Wildman–Crippen LogP) is 3.76. The minimum Gasteiger partial charge on any atom is -0.473 e. The highest BCUT2D eigenvalue weighted by Gasteiger charge is 2.12. The summed E-state index contributed by atoms with van der Waals surface area (Å²) in [4.78, 5) is 9.31. The van der Waals surface area contributed by atoms with E-state index >= 15 is 0 Å². The Labute approximate surface area is 124 Å². The van der Waals surface area contributed by atoms with Crippen LogP contribution in [0.5, 0.6) is 5.88 Å². The molecule has 1 aromatic heterocycles. The fourth-order valence-corrected chi connectivity index (χ4v) is 2.74. The summed E-state index contributed by atoms with van der Waals surface area (Å²) < 4.78 is 6.56. The summed E-state index contributed by atoms with van der Waals surface area (Å²) in [6.45, 7) is 3.87. The van der Waals surface area contributed by atoms with Crippen LogP contribution in [0, 0.1) is 0 Å². The molecule has 6 heteroatoms. The largest absolute Gasteiger partial charge is 0.473 e. The van der Waals surface area contributed by atoms with Crippen molar-refractivity contribution < 1.29 is 4.74 Å². The lowest BCUT2D eigenvalue weighted by molar-refractivity contribution is 0.233. The smallest absolute Gasteiger partial charge is 0.241 e. The van der Waals surface area contributed by atoms with Gasteiger partial charge in [-0.2, -0.15) is 4.98 Å². The maximum Gasteiger partial charge on any atom is 0.241 e. The number of halogens is 1. The van der Waals surface area contributed by atoms with E-state index in [1.807, 2.05) is 38.1 Å². The zero-order valence-electron chi connectivity index (χ0n) is 10.6. The molecule has 0 saturated heterocycles. The first-order valence-corrected chi connectivity index (χ1v) is 7.38. The van der Waals surface area contributed by atoms with E-state index in [2.05, 4.69) is 25.9 Å². The number of benzene rings is 1. The van der Waals surface area contributed by atoms with Gasteiger partial charge in [0.25, 0.3) is 0 Å². The topological polar surface area (TPSA) is 61.0 Å².